The van der Waals surface area contributed by atoms with Gasteiger partial charge in [-0.3, -0.25) is 10.1 Å². The van der Waals surface area contributed by atoms with Gasteiger partial charge in [-0.05, 0) is 13.3 Å². The molecule has 0 aromatic heterocycles. The summed E-state index contributed by atoms with van der Waals surface area (Å²) in [4.78, 5) is 11.2. The van der Waals surface area contributed by atoms with Crippen LogP contribution in [0.1, 0.15) is 46.0 Å². The third-order valence-corrected chi connectivity index (χ3v) is 2.75. The number of hydrogen-bond donors (Lipinski definition) is 2. The topological polar surface area (TPSA) is 55.1 Å². The van der Waals surface area contributed by atoms with Gasteiger partial charge in [-0.1, -0.05) is 32.6 Å². The average molecular weight is 254 g/mol. The first-order chi connectivity index (χ1) is 7.71. The number of halogens is 3. The number of rotatable bonds is 8. The number of unbranched alkanes of at least 4 members (excludes halogenated alkanes) is 3. The highest BCUT2D eigenvalue weighted by Gasteiger charge is 2.35. The number of alkyl halides is 3. The minimum Gasteiger partial charge on any atom is -0.368 e. The van der Waals surface area contributed by atoms with Crippen LogP contribution in [0.25, 0.3) is 0 Å². The minimum atomic E-state index is -4.33. The van der Waals surface area contributed by atoms with Crippen molar-refractivity contribution in [1.29, 1.82) is 0 Å². The van der Waals surface area contributed by atoms with Gasteiger partial charge < -0.3 is 5.73 Å². The van der Waals surface area contributed by atoms with Gasteiger partial charge in [-0.2, -0.15) is 13.2 Å². The van der Waals surface area contributed by atoms with E-state index in [9.17, 15) is 18.0 Å². The van der Waals surface area contributed by atoms with Crippen LogP contribution in [-0.4, -0.2) is 24.2 Å². The summed E-state index contributed by atoms with van der Waals surface area (Å²) in [5.41, 5.74) is 3.87. The number of amides is 1. The van der Waals surface area contributed by atoms with E-state index in [0.717, 1.165) is 19.3 Å². The summed E-state index contributed by atoms with van der Waals surface area (Å²) in [6.45, 7) is 2.27. The van der Waals surface area contributed by atoms with Crippen LogP contribution in [-0.2, 0) is 4.79 Å². The summed E-state index contributed by atoms with van der Waals surface area (Å²) >= 11 is 0. The maximum absolute atomic E-state index is 12.1. The normalized spacial score (nSPS) is 15.6. The fraction of sp³-hybridized carbons (Fsp3) is 0.909. The Bertz CT molecular complexity index is 243. The van der Waals surface area contributed by atoms with Gasteiger partial charge in [0.15, 0.2) is 0 Å². The summed E-state index contributed by atoms with van der Waals surface area (Å²) < 4.78 is 36.2. The Morgan fingerprint density at radius 1 is 1.24 bits per heavy atom. The molecule has 0 aromatic rings. The van der Waals surface area contributed by atoms with Crippen LogP contribution in [0.4, 0.5) is 13.2 Å². The number of carbonyl (C=O) groups excluding carboxylic acids is 1. The summed E-state index contributed by atoms with van der Waals surface area (Å²) in [5, 5.41) is 2.21. The van der Waals surface area contributed by atoms with Crippen LogP contribution < -0.4 is 11.1 Å². The Kier molecular flexibility index (Phi) is 6.52. The molecule has 1 atom stereocenters. The lowest BCUT2D eigenvalue weighted by Crippen LogP contribution is -2.55. The van der Waals surface area contributed by atoms with Crippen molar-refractivity contribution in [3.8, 4) is 0 Å². The molecule has 0 saturated carbocycles. The van der Waals surface area contributed by atoms with E-state index in [1.807, 2.05) is 6.92 Å². The smallest absolute Gasteiger partial charge is 0.368 e. The molecule has 0 rings (SSSR count). The van der Waals surface area contributed by atoms with Crippen molar-refractivity contribution in [1.82, 2.24) is 5.32 Å². The van der Waals surface area contributed by atoms with Crippen LogP contribution in [0, 0.1) is 0 Å². The Morgan fingerprint density at radius 3 is 2.24 bits per heavy atom. The number of nitrogens with two attached hydrogens (primary N) is 1. The van der Waals surface area contributed by atoms with Gasteiger partial charge >= 0.3 is 6.18 Å². The molecular weight excluding hydrogens is 233 g/mol. The Labute approximate surface area is 99.9 Å². The fourth-order valence-electron chi connectivity index (χ4n) is 1.50. The zero-order chi connectivity index (χ0) is 13.5. The number of hydrogen-bond acceptors (Lipinski definition) is 2. The van der Waals surface area contributed by atoms with E-state index in [2.05, 4.69) is 5.32 Å². The van der Waals surface area contributed by atoms with Gasteiger partial charge in [0.2, 0.25) is 5.91 Å². The quantitative estimate of drug-likeness (QED) is 0.653. The van der Waals surface area contributed by atoms with E-state index >= 15 is 0 Å². The van der Waals surface area contributed by atoms with Gasteiger partial charge in [0.25, 0.3) is 0 Å². The Morgan fingerprint density at radius 2 is 1.82 bits per heavy atom. The Hall–Kier alpha value is -0.780. The van der Waals surface area contributed by atoms with Gasteiger partial charge in [0, 0.05) is 0 Å². The Balaban J connectivity index is 4.22. The van der Waals surface area contributed by atoms with Crippen molar-refractivity contribution >= 4 is 5.91 Å². The SMILES string of the molecule is CCCCCCC(C)(NCC(F)(F)F)C(N)=O. The van der Waals surface area contributed by atoms with E-state index in [-0.39, 0.29) is 0 Å². The zero-order valence-electron chi connectivity index (χ0n) is 10.4. The van der Waals surface area contributed by atoms with E-state index in [0.29, 0.717) is 12.8 Å². The molecule has 0 aromatic carbocycles. The molecule has 1 unspecified atom stereocenters. The largest absolute Gasteiger partial charge is 0.401 e. The van der Waals surface area contributed by atoms with Crippen molar-refractivity contribution in [2.24, 2.45) is 5.73 Å². The highest BCUT2D eigenvalue weighted by Crippen LogP contribution is 2.19. The van der Waals surface area contributed by atoms with Gasteiger partial charge in [0.05, 0.1) is 12.1 Å². The molecule has 0 saturated heterocycles. The molecule has 6 heteroatoms. The number of carbonyl (C=O) groups is 1. The molecule has 102 valence electrons. The number of nitrogens with one attached hydrogen (secondary N) is 1. The molecule has 3 N–H and O–H groups in total. The van der Waals surface area contributed by atoms with Crippen LogP contribution in [0.5, 0.6) is 0 Å². The predicted octanol–water partition coefficient (Wildman–Crippen LogP) is 2.35. The molecule has 0 spiro atoms. The lowest BCUT2D eigenvalue weighted by atomic mass is 9.93. The van der Waals surface area contributed by atoms with Crippen molar-refractivity contribution in [3.05, 3.63) is 0 Å². The molecule has 3 nitrogen and oxygen atoms in total. The van der Waals surface area contributed by atoms with Crippen molar-refractivity contribution in [2.45, 2.75) is 57.7 Å². The molecule has 0 heterocycles. The second-order valence-corrected chi connectivity index (χ2v) is 4.48. The first-order valence-corrected chi connectivity index (χ1v) is 5.83. The third-order valence-electron chi connectivity index (χ3n) is 2.75. The average Bonchev–Trinajstić information content (AvgIpc) is 2.20. The maximum atomic E-state index is 12.1. The van der Waals surface area contributed by atoms with E-state index in [1.54, 1.807) is 0 Å². The predicted molar refractivity (Wildman–Crippen MR) is 60.4 cm³/mol. The van der Waals surface area contributed by atoms with Crippen LogP contribution in [0.3, 0.4) is 0 Å². The highest BCUT2D eigenvalue weighted by molar-refractivity contribution is 5.84. The molecule has 1 amide bonds. The van der Waals surface area contributed by atoms with E-state index in [1.165, 1.54) is 6.92 Å². The van der Waals surface area contributed by atoms with E-state index in [4.69, 9.17) is 5.73 Å². The molecule has 0 aliphatic rings. The standard InChI is InChI=1S/C11H21F3N2O/c1-3-4-5-6-7-10(2,9(15)17)16-8-11(12,13)14/h16H,3-8H2,1-2H3,(H2,15,17). The van der Waals surface area contributed by atoms with Crippen molar-refractivity contribution in [2.75, 3.05) is 6.54 Å². The van der Waals surface area contributed by atoms with Gasteiger partial charge in [0.1, 0.15) is 0 Å². The zero-order valence-corrected chi connectivity index (χ0v) is 10.4. The lowest BCUT2D eigenvalue weighted by Gasteiger charge is -2.28. The van der Waals surface area contributed by atoms with E-state index < -0.39 is 24.2 Å². The molecule has 0 aliphatic heterocycles. The van der Waals surface area contributed by atoms with Gasteiger partial charge in [-0.15, -0.1) is 0 Å². The summed E-state index contributed by atoms with van der Waals surface area (Å²) in [5.74, 6) is -0.738. The summed E-state index contributed by atoms with van der Waals surface area (Å²) in [6, 6.07) is 0. The summed E-state index contributed by atoms with van der Waals surface area (Å²) in [6.07, 6.45) is -0.374. The van der Waals surface area contributed by atoms with Crippen molar-refractivity contribution in [3.63, 3.8) is 0 Å². The second kappa shape index (κ2) is 6.83. The molecule has 0 radical (unpaired) electrons. The molecule has 0 fully saturated rings. The minimum absolute atomic E-state index is 0.332. The van der Waals surface area contributed by atoms with Crippen LogP contribution in [0.15, 0.2) is 0 Å². The van der Waals surface area contributed by atoms with Crippen LogP contribution in [0.2, 0.25) is 0 Å². The first kappa shape index (κ1) is 16.2. The fourth-order valence-corrected chi connectivity index (χ4v) is 1.50. The van der Waals surface area contributed by atoms with Crippen LogP contribution >= 0.6 is 0 Å². The molecular formula is C11H21F3N2O. The lowest BCUT2D eigenvalue weighted by molar-refractivity contribution is -0.135. The van der Waals surface area contributed by atoms with Gasteiger partial charge in [-0.25, -0.2) is 0 Å². The molecule has 0 aliphatic carbocycles. The molecule has 17 heavy (non-hydrogen) atoms. The molecule has 0 bridgehead atoms. The number of primary amides is 1. The third kappa shape index (κ3) is 7.20. The summed E-state index contributed by atoms with van der Waals surface area (Å²) in [7, 11) is 0. The van der Waals surface area contributed by atoms with Crippen molar-refractivity contribution < 1.29 is 18.0 Å². The maximum Gasteiger partial charge on any atom is 0.401 e. The second-order valence-electron chi connectivity index (χ2n) is 4.48. The first-order valence-electron chi connectivity index (χ1n) is 5.83. The monoisotopic (exact) mass is 254 g/mol. The highest BCUT2D eigenvalue weighted by atomic mass is 19.4.